The Balaban J connectivity index is 1.66. The van der Waals surface area contributed by atoms with Crippen LogP contribution in [-0.4, -0.2) is 36.8 Å². The minimum absolute atomic E-state index is 0.0541. The van der Waals surface area contributed by atoms with E-state index in [0.717, 1.165) is 24.0 Å². The van der Waals surface area contributed by atoms with Crippen molar-refractivity contribution < 1.29 is 18.3 Å². The number of hydrogen-bond acceptors (Lipinski definition) is 4. The first-order chi connectivity index (χ1) is 15.0. The molecule has 2 N–H and O–H groups in total. The normalized spacial score (nSPS) is 14.6. The summed E-state index contributed by atoms with van der Waals surface area (Å²) in [4.78, 5) is 13.4. The van der Waals surface area contributed by atoms with Gasteiger partial charge in [-0.05, 0) is 42.2 Å². The highest BCUT2D eigenvalue weighted by Crippen LogP contribution is 2.32. The fourth-order valence-corrected chi connectivity index (χ4v) is 5.39. The Bertz CT molecular complexity index is 1120. The highest BCUT2D eigenvalue weighted by atomic mass is 32.2. The lowest BCUT2D eigenvalue weighted by Crippen LogP contribution is -2.28. The molecule has 4 rings (SSSR count). The molecule has 1 fully saturated rings. The van der Waals surface area contributed by atoms with Gasteiger partial charge in [0, 0.05) is 13.1 Å². The number of phenols is 1. The van der Waals surface area contributed by atoms with Gasteiger partial charge in [0.25, 0.3) is 0 Å². The second kappa shape index (κ2) is 8.91. The van der Waals surface area contributed by atoms with E-state index in [9.17, 15) is 18.3 Å². The number of amides is 1. The summed E-state index contributed by atoms with van der Waals surface area (Å²) < 4.78 is 27.2. The van der Waals surface area contributed by atoms with Crippen LogP contribution >= 0.6 is 0 Å². The van der Waals surface area contributed by atoms with Crippen LogP contribution in [0.5, 0.6) is 5.75 Å². The summed E-state index contributed by atoms with van der Waals surface area (Å²) in [5.41, 5.74) is 1.67. The molecule has 0 bridgehead atoms. The lowest BCUT2D eigenvalue weighted by Gasteiger charge is -2.20. The van der Waals surface area contributed by atoms with Crippen LogP contribution in [0.1, 0.15) is 29.9 Å². The van der Waals surface area contributed by atoms with E-state index in [1.54, 1.807) is 0 Å². The maximum Gasteiger partial charge on any atom is 0.243 e. The molecule has 1 amide bonds. The Morgan fingerprint density at radius 2 is 1.42 bits per heavy atom. The Labute approximate surface area is 182 Å². The van der Waals surface area contributed by atoms with Crippen molar-refractivity contribution >= 4 is 21.6 Å². The number of benzene rings is 3. The molecule has 0 atom stereocenters. The SMILES string of the molecule is O=C(Nc1cc(S(=O)(=O)N2CCCC2)ccc1O)C(c1ccccc1)c1ccccc1. The third-order valence-electron chi connectivity index (χ3n) is 5.46. The van der Waals surface area contributed by atoms with Crippen molar-refractivity contribution in [2.45, 2.75) is 23.7 Å². The zero-order valence-electron chi connectivity index (χ0n) is 16.9. The highest BCUT2D eigenvalue weighted by molar-refractivity contribution is 7.89. The third-order valence-corrected chi connectivity index (χ3v) is 7.35. The third kappa shape index (κ3) is 4.47. The van der Waals surface area contributed by atoms with Crippen molar-refractivity contribution in [3.63, 3.8) is 0 Å². The molecule has 1 saturated heterocycles. The van der Waals surface area contributed by atoms with E-state index < -0.39 is 15.9 Å². The van der Waals surface area contributed by atoms with Crippen molar-refractivity contribution in [2.75, 3.05) is 18.4 Å². The molecular weight excluding hydrogens is 412 g/mol. The molecule has 0 unspecified atom stereocenters. The average Bonchev–Trinajstić information content (AvgIpc) is 3.33. The smallest absolute Gasteiger partial charge is 0.243 e. The first-order valence-electron chi connectivity index (χ1n) is 10.2. The van der Waals surface area contributed by atoms with E-state index >= 15 is 0 Å². The summed E-state index contributed by atoms with van der Waals surface area (Å²) in [7, 11) is -3.67. The minimum Gasteiger partial charge on any atom is -0.506 e. The van der Waals surface area contributed by atoms with Crippen LogP contribution in [0.4, 0.5) is 5.69 Å². The van der Waals surface area contributed by atoms with E-state index in [4.69, 9.17) is 0 Å². The van der Waals surface area contributed by atoms with Gasteiger partial charge < -0.3 is 10.4 Å². The molecule has 0 spiro atoms. The van der Waals surface area contributed by atoms with Gasteiger partial charge in [0.1, 0.15) is 5.75 Å². The van der Waals surface area contributed by atoms with Crippen molar-refractivity contribution in [3.05, 3.63) is 90.0 Å². The van der Waals surface area contributed by atoms with E-state index in [1.165, 1.54) is 22.5 Å². The Morgan fingerprint density at radius 3 is 1.97 bits per heavy atom. The maximum absolute atomic E-state index is 13.3. The van der Waals surface area contributed by atoms with Gasteiger partial charge in [0.2, 0.25) is 15.9 Å². The standard InChI is InChI=1S/C24H24N2O4S/c27-22-14-13-20(31(29,30)26-15-7-8-16-26)17-21(22)25-24(28)23(18-9-3-1-4-10-18)19-11-5-2-6-12-19/h1-6,9-14,17,23,27H,7-8,15-16H2,(H,25,28). The van der Waals surface area contributed by atoms with Crippen LogP contribution in [-0.2, 0) is 14.8 Å². The van der Waals surface area contributed by atoms with Crippen LogP contribution in [0.15, 0.2) is 83.8 Å². The van der Waals surface area contributed by atoms with Crippen molar-refractivity contribution in [1.29, 1.82) is 0 Å². The van der Waals surface area contributed by atoms with Crippen LogP contribution in [0.3, 0.4) is 0 Å². The number of hydrogen-bond donors (Lipinski definition) is 2. The number of sulfonamides is 1. The molecule has 0 aliphatic carbocycles. The minimum atomic E-state index is -3.67. The number of anilines is 1. The number of nitrogens with one attached hydrogen (secondary N) is 1. The Hall–Kier alpha value is -3.16. The molecule has 31 heavy (non-hydrogen) atoms. The lowest BCUT2D eigenvalue weighted by molar-refractivity contribution is -0.116. The van der Waals surface area contributed by atoms with Crippen molar-refractivity contribution in [3.8, 4) is 5.75 Å². The summed E-state index contributed by atoms with van der Waals surface area (Å²) in [6.07, 6.45) is 1.66. The van der Waals surface area contributed by atoms with E-state index in [0.29, 0.717) is 13.1 Å². The molecular formula is C24H24N2O4S. The largest absolute Gasteiger partial charge is 0.506 e. The summed E-state index contributed by atoms with van der Waals surface area (Å²) in [6.45, 7) is 0.962. The molecule has 1 aliphatic rings. The van der Waals surface area contributed by atoms with Crippen molar-refractivity contribution in [1.82, 2.24) is 4.31 Å². The molecule has 3 aromatic rings. The fourth-order valence-electron chi connectivity index (χ4n) is 3.84. The maximum atomic E-state index is 13.3. The van der Waals surface area contributed by atoms with Crippen LogP contribution < -0.4 is 5.32 Å². The quantitative estimate of drug-likeness (QED) is 0.573. The van der Waals surface area contributed by atoms with Gasteiger partial charge in [0.15, 0.2) is 0 Å². The van der Waals surface area contributed by atoms with Gasteiger partial charge in [-0.3, -0.25) is 4.79 Å². The summed E-state index contributed by atoms with van der Waals surface area (Å²) >= 11 is 0. The molecule has 3 aromatic carbocycles. The van der Waals surface area contributed by atoms with Gasteiger partial charge in [-0.1, -0.05) is 60.7 Å². The molecule has 0 saturated carbocycles. The summed E-state index contributed by atoms with van der Waals surface area (Å²) in [5, 5.41) is 13.1. The Morgan fingerprint density at radius 1 is 0.871 bits per heavy atom. The lowest BCUT2D eigenvalue weighted by atomic mass is 9.90. The molecule has 6 nitrogen and oxygen atoms in total. The number of rotatable bonds is 6. The predicted molar refractivity (Wildman–Crippen MR) is 119 cm³/mol. The van der Waals surface area contributed by atoms with E-state index in [-0.39, 0.29) is 22.2 Å². The van der Waals surface area contributed by atoms with Gasteiger partial charge in [-0.2, -0.15) is 4.31 Å². The summed E-state index contributed by atoms with van der Waals surface area (Å²) in [5.74, 6) is -1.15. The van der Waals surface area contributed by atoms with Gasteiger partial charge >= 0.3 is 0 Å². The second-order valence-electron chi connectivity index (χ2n) is 7.53. The fraction of sp³-hybridized carbons (Fsp3) is 0.208. The van der Waals surface area contributed by atoms with Gasteiger partial charge in [-0.15, -0.1) is 0 Å². The monoisotopic (exact) mass is 436 g/mol. The number of phenolic OH excluding ortho intramolecular Hbond substituents is 1. The molecule has 7 heteroatoms. The molecule has 1 heterocycles. The Kier molecular flexibility index (Phi) is 6.06. The zero-order valence-corrected chi connectivity index (χ0v) is 17.8. The van der Waals surface area contributed by atoms with E-state index in [2.05, 4.69) is 5.32 Å². The molecule has 0 radical (unpaired) electrons. The molecule has 160 valence electrons. The second-order valence-corrected chi connectivity index (χ2v) is 9.47. The number of aromatic hydroxyl groups is 1. The van der Waals surface area contributed by atoms with Crippen LogP contribution in [0.2, 0.25) is 0 Å². The van der Waals surface area contributed by atoms with E-state index in [1.807, 2.05) is 60.7 Å². The van der Waals surface area contributed by atoms with Gasteiger partial charge in [-0.25, -0.2) is 8.42 Å². The van der Waals surface area contributed by atoms with Gasteiger partial charge in [0.05, 0.1) is 16.5 Å². The van der Waals surface area contributed by atoms with Crippen LogP contribution in [0.25, 0.3) is 0 Å². The zero-order chi connectivity index (χ0) is 21.8. The molecule has 0 aromatic heterocycles. The van der Waals surface area contributed by atoms with Crippen LogP contribution in [0, 0.1) is 0 Å². The first-order valence-corrected chi connectivity index (χ1v) is 11.6. The number of nitrogens with zero attached hydrogens (tertiary/aromatic N) is 1. The predicted octanol–water partition coefficient (Wildman–Crippen LogP) is 3.95. The highest BCUT2D eigenvalue weighted by Gasteiger charge is 2.29. The number of carbonyl (C=O) groups is 1. The topological polar surface area (TPSA) is 86.7 Å². The first kappa shape index (κ1) is 21.1. The molecule has 1 aliphatic heterocycles. The summed E-state index contributed by atoms with van der Waals surface area (Å²) in [6, 6.07) is 22.7. The van der Waals surface area contributed by atoms with Crippen molar-refractivity contribution in [2.24, 2.45) is 0 Å². The average molecular weight is 437 g/mol. The number of carbonyl (C=O) groups excluding carboxylic acids is 1.